The minimum absolute atomic E-state index is 0.0125. The molecule has 1 aliphatic rings. The molecule has 5 rings (SSSR count). The van der Waals surface area contributed by atoms with Gasteiger partial charge in [-0.1, -0.05) is 18.2 Å². The van der Waals surface area contributed by atoms with E-state index in [1.54, 1.807) is 16.0 Å². The molecule has 3 aromatic heterocycles. The fraction of sp³-hybridized carbons (Fsp3) is 0.304. The van der Waals surface area contributed by atoms with E-state index >= 15 is 0 Å². The van der Waals surface area contributed by atoms with E-state index in [2.05, 4.69) is 29.9 Å². The van der Waals surface area contributed by atoms with E-state index in [0.29, 0.717) is 11.6 Å². The van der Waals surface area contributed by atoms with Crippen LogP contribution >= 0.6 is 11.3 Å². The van der Waals surface area contributed by atoms with Gasteiger partial charge in [-0.25, -0.2) is 9.67 Å². The summed E-state index contributed by atoms with van der Waals surface area (Å²) in [4.78, 5) is 18.4. The molecule has 0 N–H and O–H groups in total. The molecule has 0 aliphatic heterocycles. The van der Waals surface area contributed by atoms with E-state index in [1.807, 2.05) is 49.0 Å². The highest BCUT2D eigenvalue weighted by Gasteiger charge is 2.28. The lowest BCUT2D eigenvalue weighted by atomic mass is 10.2. The van der Waals surface area contributed by atoms with Crippen molar-refractivity contribution >= 4 is 11.3 Å². The van der Waals surface area contributed by atoms with E-state index in [-0.39, 0.29) is 5.56 Å². The summed E-state index contributed by atoms with van der Waals surface area (Å²) in [5, 5.41) is 3.40. The molecule has 0 spiro atoms. The van der Waals surface area contributed by atoms with Crippen LogP contribution in [-0.4, -0.2) is 18.9 Å². The van der Waals surface area contributed by atoms with Gasteiger partial charge in [0.2, 0.25) is 0 Å². The van der Waals surface area contributed by atoms with Gasteiger partial charge in [-0.15, -0.1) is 11.3 Å². The van der Waals surface area contributed by atoms with E-state index in [4.69, 9.17) is 4.98 Å². The number of benzene rings is 1. The molecule has 1 saturated carbocycles. The summed E-state index contributed by atoms with van der Waals surface area (Å²) in [6, 6.07) is 11.9. The number of hydrogen-bond donors (Lipinski definition) is 0. The highest BCUT2D eigenvalue weighted by atomic mass is 32.1. The minimum Gasteiger partial charge on any atom is -0.311 e. The SMILES string of the molecule is Cc1cc(-c2csc(C3CC3)n2)c(C)n1-c1c(C)n(C)n(-c2ccccc2)c1=O. The smallest absolute Gasteiger partial charge is 0.295 e. The minimum atomic E-state index is -0.0125. The van der Waals surface area contributed by atoms with Crippen molar-refractivity contribution in [3.05, 3.63) is 74.2 Å². The summed E-state index contributed by atoms with van der Waals surface area (Å²) in [6.07, 6.45) is 2.52. The van der Waals surface area contributed by atoms with E-state index in [1.165, 1.54) is 17.8 Å². The molecule has 1 aliphatic carbocycles. The number of hydrogen-bond acceptors (Lipinski definition) is 3. The molecule has 1 fully saturated rings. The molecule has 5 nitrogen and oxygen atoms in total. The molecule has 0 amide bonds. The lowest BCUT2D eigenvalue weighted by molar-refractivity contribution is 0.630. The van der Waals surface area contributed by atoms with Crippen LogP contribution in [0.25, 0.3) is 22.6 Å². The summed E-state index contributed by atoms with van der Waals surface area (Å²) < 4.78 is 5.75. The van der Waals surface area contributed by atoms with Crippen molar-refractivity contribution in [2.24, 2.45) is 7.05 Å². The van der Waals surface area contributed by atoms with Crippen molar-refractivity contribution in [1.29, 1.82) is 0 Å². The van der Waals surface area contributed by atoms with Crippen molar-refractivity contribution in [2.75, 3.05) is 0 Å². The second kappa shape index (κ2) is 6.59. The maximum atomic E-state index is 13.5. The van der Waals surface area contributed by atoms with Crippen molar-refractivity contribution < 1.29 is 0 Å². The molecular formula is C23H24N4OS. The highest BCUT2D eigenvalue weighted by molar-refractivity contribution is 7.10. The molecule has 148 valence electrons. The van der Waals surface area contributed by atoms with E-state index in [9.17, 15) is 4.79 Å². The number of nitrogens with zero attached hydrogens (tertiary/aromatic N) is 4. The first-order valence-corrected chi connectivity index (χ1v) is 10.8. The van der Waals surface area contributed by atoms with Gasteiger partial charge in [-0.05, 0) is 51.8 Å². The van der Waals surface area contributed by atoms with Gasteiger partial charge in [0.15, 0.2) is 0 Å². The molecule has 1 aromatic carbocycles. The largest absolute Gasteiger partial charge is 0.311 e. The van der Waals surface area contributed by atoms with Crippen LogP contribution in [0.15, 0.2) is 46.6 Å². The molecule has 4 aromatic rings. The summed E-state index contributed by atoms with van der Waals surface area (Å²) in [6.45, 7) is 6.14. The first-order chi connectivity index (χ1) is 14.0. The van der Waals surface area contributed by atoms with Crippen molar-refractivity contribution in [3.63, 3.8) is 0 Å². The third-order valence-corrected chi connectivity index (χ3v) is 6.91. The Labute approximate surface area is 173 Å². The fourth-order valence-electron chi connectivity index (χ4n) is 4.11. The molecule has 0 unspecified atom stereocenters. The van der Waals surface area contributed by atoms with Crippen LogP contribution < -0.4 is 5.56 Å². The third-order valence-electron chi connectivity index (χ3n) is 5.90. The van der Waals surface area contributed by atoms with E-state index < -0.39 is 0 Å². The fourth-order valence-corrected chi connectivity index (χ4v) is 5.10. The van der Waals surface area contributed by atoms with Gasteiger partial charge in [0.05, 0.1) is 22.1 Å². The number of para-hydroxylation sites is 1. The standard InChI is InChI=1S/C23H24N4OS/c1-14-12-19(20-13-29-22(24-20)17-10-11-17)15(2)26(14)21-16(3)25(4)27(23(21)28)18-8-6-5-7-9-18/h5-9,12-13,17H,10-11H2,1-4H3. The Hall–Kier alpha value is -2.86. The Morgan fingerprint density at radius 3 is 2.48 bits per heavy atom. The summed E-state index contributed by atoms with van der Waals surface area (Å²) >= 11 is 1.75. The van der Waals surface area contributed by atoms with Gasteiger partial charge >= 0.3 is 0 Å². The first-order valence-electron chi connectivity index (χ1n) is 9.96. The van der Waals surface area contributed by atoms with Gasteiger partial charge in [0.25, 0.3) is 5.56 Å². The second-order valence-electron chi connectivity index (χ2n) is 7.88. The highest BCUT2D eigenvalue weighted by Crippen LogP contribution is 2.43. The first kappa shape index (κ1) is 18.2. The predicted octanol–water partition coefficient (Wildman–Crippen LogP) is 4.89. The topological polar surface area (TPSA) is 44.8 Å². The zero-order valence-electron chi connectivity index (χ0n) is 17.1. The van der Waals surface area contributed by atoms with Gasteiger partial charge in [0, 0.05) is 35.3 Å². The number of aryl methyl sites for hydroxylation is 1. The van der Waals surface area contributed by atoms with Crippen LogP contribution in [0.4, 0.5) is 0 Å². The zero-order chi connectivity index (χ0) is 20.3. The van der Waals surface area contributed by atoms with E-state index in [0.717, 1.165) is 34.0 Å². The van der Waals surface area contributed by atoms with Crippen LogP contribution in [-0.2, 0) is 7.05 Å². The maximum Gasteiger partial charge on any atom is 0.295 e. The molecular weight excluding hydrogens is 380 g/mol. The summed E-state index contributed by atoms with van der Waals surface area (Å²) in [5.41, 5.74) is 6.73. The second-order valence-corrected chi connectivity index (χ2v) is 8.77. The molecule has 0 bridgehead atoms. The van der Waals surface area contributed by atoms with Gasteiger partial charge in [-0.3, -0.25) is 9.48 Å². The molecule has 29 heavy (non-hydrogen) atoms. The summed E-state index contributed by atoms with van der Waals surface area (Å²) in [5.74, 6) is 0.659. The normalized spacial score (nSPS) is 13.9. The van der Waals surface area contributed by atoms with Crippen molar-refractivity contribution in [2.45, 2.75) is 39.5 Å². The molecule has 3 heterocycles. The molecule has 0 saturated heterocycles. The Bertz CT molecular complexity index is 1270. The number of thiazole rings is 1. The third kappa shape index (κ3) is 2.82. The zero-order valence-corrected chi connectivity index (χ0v) is 18.0. The maximum absolute atomic E-state index is 13.5. The Morgan fingerprint density at radius 1 is 1.07 bits per heavy atom. The van der Waals surface area contributed by atoms with Gasteiger partial charge in [0.1, 0.15) is 5.69 Å². The van der Waals surface area contributed by atoms with Gasteiger partial charge in [-0.2, -0.15) is 0 Å². The lowest BCUT2D eigenvalue weighted by Crippen LogP contribution is -2.21. The van der Waals surface area contributed by atoms with Crippen molar-refractivity contribution in [3.8, 4) is 22.6 Å². The average Bonchev–Trinajstić information content (AvgIpc) is 3.32. The predicted molar refractivity (Wildman–Crippen MR) is 118 cm³/mol. The Morgan fingerprint density at radius 2 is 1.79 bits per heavy atom. The number of aromatic nitrogens is 4. The average molecular weight is 405 g/mol. The van der Waals surface area contributed by atoms with Crippen LogP contribution in [0.3, 0.4) is 0 Å². The lowest BCUT2D eigenvalue weighted by Gasteiger charge is -2.08. The molecule has 0 radical (unpaired) electrons. The number of rotatable bonds is 4. The monoisotopic (exact) mass is 404 g/mol. The van der Waals surface area contributed by atoms with Crippen LogP contribution in [0.1, 0.15) is 40.8 Å². The van der Waals surface area contributed by atoms with Crippen LogP contribution in [0.5, 0.6) is 0 Å². The van der Waals surface area contributed by atoms with Crippen LogP contribution in [0.2, 0.25) is 0 Å². The Balaban J connectivity index is 1.67. The summed E-state index contributed by atoms with van der Waals surface area (Å²) in [7, 11) is 1.94. The van der Waals surface area contributed by atoms with Crippen molar-refractivity contribution in [1.82, 2.24) is 18.9 Å². The quantitative estimate of drug-likeness (QED) is 0.486. The van der Waals surface area contributed by atoms with Gasteiger partial charge < -0.3 is 4.57 Å². The van der Waals surface area contributed by atoms with Crippen LogP contribution in [0, 0.1) is 20.8 Å². The Kier molecular flexibility index (Phi) is 4.13. The molecule has 6 heteroatoms. The molecule has 0 atom stereocenters.